The lowest BCUT2D eigenvalue weighted by molar-refractivity contribution is 0.236. The molecule has 1 atom stereocenters. The summed E-state index contributed by atoms with van der Waals surface area (Å²) < 4.78 is 4.94. The minimum Gasteiger partial charge on any atom is -0.394 e. The van der Waals surface area contributed by atoms with E-state index in [1.54, 1.807) is 0 Å². The second kappa shape index (κ2) is 4.87. The Bertz CT molecular complexity index is 442. The van der Waals surface area contributed by atoms with Gasteiger partial charge >= 0.3 is 0 Å². The van der Waals surface area contributed by atoms with Gasteiger partial charge in [-0.1, -0.05) is 35.5 Å². The Morgan fingerprint density at radius 3 is 2.75 bits per heavy atom. The first-order chi connectivity index (χ1) is 7.79. The van der Waals surface area contributed by atoms with Crippen molar-refractivity contribution >= 4 is 0 Å². The van der Waals surface area contributed by atoms with Gasteiger partial charge in [0, 0.05) is 6.42 Å². The Hall–Kier alpha value is -1.72. The van der Waals surface area contributed by atoms with Crippen LogP contribution in [0.4, 0.5) is 0 Å². The van der Waals surface area contributed by atoms with Crippen molar-refractivity contribution in [2.45, 2.75) is 12.5 Å². The van der Waals surface area contributed by atoms with E-state index in [4.69, 9.17) is 15.4 Å². The SMILES string of the molecule is N[C@H](CO)c1nc(Cc2ccccc2)no1. The van der Waals surface area contributed by atoms with Crippen LogP contribution in [0.2, 0.25) is 0 Å². The summed E-state index contributed by atoms with van der Waals surface area (Å²) in [5.74, 6) is 0.846. The number of rotatable bonds is 4. The van der Waals surface area contributed by atoms with Gasteiger partial charge < -0.3 is 15.4 Å². The summed E-state index contributed by atoms with van der Waals surface area (Å²) in [4.78, 5) is 4.11. The van der Waals surface area contributed by atoms with Crippen molar-refractivity contribution in [3.05, 3.63) is 47.6 Å². The molecule has 0 aliphatic heterocycles. The summed E-state index contributed by atoms with van der Waals surface area (Å²) in [6, 6.07) is 9.24. The maximum absolute atomic E-state index is 8.83. The molecule has 0 bridgehead atoms. The van der Waals surface area contributed by atoms with Crippen molar-refractivity contribution in [3.8, 4) is 0 Å². The first kappa shape index (κ1) is 10.8. The van der Waals surface area contributed by atoms with E-state index in [0.29, 0.717) is 12.2 Å². The number of nitrogens with two attached hydrogens (primary N) is 1. The lowest BCUT2D eigenvalue weighted by Crippen LogP contribution is -2.14. The second-order valence-corrected chi connectivity index (χ2v) is 3.50. The highest BCUT2D eigenvalue weighted by atomic mass is 16.5. The van der Waals surface area contributed by atoms with E-state index in [9.17, 15) is 0 Å². The summed E-state index contributed by atoms with van der Waals surface area (Å²) in [7, 11) is 0. The van der Waals surface area contributed by atoms with Crippen molar-refractivity contribution in [1.29, 1.82) is 0 Å². The van der Waals surface area contributed by atoms with Crippen LogP contribution in [-0.4, -0.2) is 21.9 Å². The molecule has 5 nitrogen and oxygen atoms in total. The van der Waals surface area contributed by atoms with Gasteiger partial charge in [0.2, 0.25) is 5.89 Å². The van der Waals surface area contributed by atoms with Gasteiger partial charge in [0.25, 0.3) is 0 Å². The van der Waals surface area contributed by atoms with Crippen LogP contribution in [-0.2, 0) is 6.42 Å². The minimum absolute atomic E-state index is 0.201. The maximum Gasteiger partial charge on any atom is 0.245 e. The molecular formula is C11H13N3O2. The van der Waals surface area contributed by atoms with E-state index in [-0.39, 0.29) is 12.5 Å². The molecule has 1 aromatic carbocycles. The summed E-state index contributed by atoms with van der Waals surface area (Å²) >= 11 is 0. The Morgan fingerprint density at radius 1 is 1.31 bits per heavy atom. The third kappa shape index (κ3) is 2.44. The molecule has 0 radical (unpaired) electrons. The lowest BCUT2D eigenvalue weighted by Gasteiger charge is -1.98. The Balaban J connectivity index is 2.09. The molecule has 0 spiro atoms. The third-order valence-corrected chi connectivity index (χ3v) is 2.20. The van der Waals surface area contributed by atoms with Crippen molar-refractivity contribution in [1.82, 2.24) is 10.1 Å². The summed E-state index contributed by atoms with van der Waals surface area (Å²) in [6.45, 7) is -0.201. The monoisotopic (exact) mass is 219 g/mol. The van der Waals surface area contributed by atoms with Crippen LogP contribution in [0.15, 0.2) is 34.9 Å². The van der Waals surface area contributed by atoms with Gasteiger partial charge in [-0.25, -0.2) is 0 Å². The van der Waals surface area contributed by atoms with Gasteiger partial charge in [-0.15, -0.1) is 0 Å². The number of nitrogens with zero attached hydrogens (tertiary/aromatic N) is 2. The third-order valence-electron chi connectivity index (χ3n) is 2.20. The molecule has 0 fully saturated rings. The van der Waals surface area contributed by atoms with Crippen molar-refractivity contribution in [2.24, 2.45) is 5.73 Å². The average molecular weight is 219 g/mol. The number of aromatic nitrogens is 2. The molecule has 3 N–H and O–H groups in total. The molecule has 84 valence electrons. The molecule has 2 aromatic rings. The molecule has 1 aromatic heterocycles. The number of benzene rings is 1. The van der Waals surface area contributed by atoms with Crippen molar-refractivity contribution in [2.75, 3.05) is 6.61 Å². The Kier molecular flexibility index (Phi) is 3.28. The van der Waals surface area contributed by atoms with Crippen LogP contribution in [0.5, 0.6) is 0 Å². The second-order valence-electron chi connectivity index (χ2n) is 3.50. The zero-order valence-corrected chi connectivity index (χ0v) is 8.71. The molecule has 0 unspecified atom stereocenters. The number of aliphatic hydroxyl groups excluding tert-OH is 1. The highest BCUT2D eigenvalue weighted by Gasteiger charge is 2.13. The van der Waals surface area contributed by atoms with Gasteiger partial charge in [-0.05, 0) is 5.56 Å². The molecule has 0 amide bonds. The quantitative estimate of drug-likeness (QED) is 0.788. The molecule has 1 heterocycles. The molecule has 2 rings (SSSR count). The van der Waals surface area contributed by atoms with Gasteiger partial charge in [0.15, 0.2) is 5.82 Å². The van der Waals surface area contributed by atoms with Gasteiger partial charge in [-0.3, -0.25) is 0 Å². The fourth-order valence-electron chi connectivity index (χ4n) is 1.35. The van der Waals surface area contributed by atoms with Crippen LogP contribution in [0.1, 0.15) is 23.3 Å². The minimum atomic E-state index is -0.600. The number of aliphatic hydroxyl groups is 1. The number of hydrogen-bond donors (Lipinski definition) is 2. The van der Waals surface area contributed by atoms with Crippen LogP contribution >= 0.6 is 0 Å². The van der Waals surface area contributed by atoms with Gasteiger partial charge in [0.1, 0.15) is 6.04 Å². The molecule has 16 heavy (non-hydrogen) atoms. The molecular weight excluding hydrogens is 206 g/mol. The van der Waals surface area contributed by atoms with Crippen LogP contribution in [0.3, 0.4) is 0 Å². The summed E-state index contributed by atoms with van der Waals surface area (Å²) in [5, 5.41) is 12.6. The molecule has 0 saturated heterocycles. The van der Waals surface area contributed by atoms with Crippen molar-refractivity contribution in [3.63, 3.8) is 0 Å². The van der Waals surface area contributed by atoms with Crippen molar-refractivity contribution < 1.29 is 9.63 Å². The largest absolute Gasteiger partial charge is 0.394 e. The average Bonchev–Trinajstić information content (AvgIpc) is 2.78. The topological polar surface area (TPSA) is 85.2 Å². The summed E-state index contributed by atoms with van der Waals surface area (Å²) in [6.07, 6.45) is 0.600. The Labute approximate surface area is 92.9 Å². The van der Waals surface area contributed by atoms with Gasteiger partial charge in [-0.2, -0.15) is 4.98 Å². The highest BCUT2D eigenvalue weighted by molar-refractivity contribution is 5.18. The number of hydrogen-bond acceptors (Lipinski definition) is 5. The molecule has 5 heteroatoms. The standard InChI is InChI=1S/C11H13N3O2/c12-9(7-15)11-13-10(14-16-11)6-8-4-2-1-3-5-8/h1-5,9,15H,6-7,12H2/t9-/m1/s1. The van der Waals surface area contributed by atoms with E-state index in [1.165, 1.54) is 0 Å². The van der Waals surface area contributed by atoms with E-state index in [2.05, 4.69) is 10.1 Å². The van der Waals surface area contributed by atoms with E-state index in [1.807, 2.05) is 30.3 Å². The molecule has 0 aliphatic carbocycles. The molecule has 0 aliphatic rings. The highest BCUT2D eigenvalue weighted by Crippen LogP contribution is 2.10. The normalized spacial score (nSPS) is 12.6. The lowest BCUT2D eigenvalue weighted by atomic mass is 10.1. The van der Waals surface area contributed by atoms with Crippen LogP contribution in [0, 0.1) is 0 Å². The molecule has 0 saturated carbocycles. The van der Waals surface area contributed by atoms with E-state index >= 15 is 0 Å². The first-order valence-corrected chi connectivity index (χ1v) is 5.02. The van der Waals surface area contributed by atoms with Gasteiger partial charge in [0.05, 0.1) is 6.61 Å². The smallest absolute Gasteiger partial charge is 0.245 e. The van der Waals surface area contributed by atoms with Crippen LogP contribution < -0.4 is 5.73 Å². The Morgan fingerprint density at radius 2 is 2.06 bits per heavy atom. The van der Waals surface area contributed by atoms with E-state index in [0.717, 1.165) is 5.56 Å². The maximum atomic E-state index is 8.83. The fourth-order valence-corrected chi connectivity index (χ4v) is 1.35. The zero-order chi connectivity index (χ0) is 11.4. The fraction of sp³-hybridized carbons (Fsp3) is 0.273. The van der Waals surface area contributed by atoms with E-state index < -0.39 is 6.04 Å². The first-order valence-electron chi connectivity index (χ1n) is 5.02. The predicted molar refractivity (Wildman–Crippen MR) is 57.6 cm³/mol. The predicted octanol–water partition coefficient (Wildman–Crippen LogP) is 0.652. The zero-order valence-electron chi connectivity index (χ0n) is 8.71. The van der Waals surface area contributed by atoms with Crippen LogP contribution in [0.25, 0.3) is 0 Å². The summed E-state index contributed by atoms with van der Waals surface area (Å²) in [5.41, 5.74) is 6.66.